The van der Waals surface area contributed by atoms with Crippen LogP contribution in [0.4, 0.5) is 10.6 Å². The third-order valence-corrected chi connectivity index (χ3v) is 6.39. The minimum Gasteiger partial charge on any atom is -0.319 e. The molecule has 10 nitrogen and oxygen atoms in total. The molecule has 1 aliphatic rings. The van der Waals surface area contributed by atoms with Gasteiger partial charge in [-0.1, -0.05) is 57.2 Å². The molecule has 10 heteroatoms. The van der Waals surface area contributed by atoms with Crippen LogP contribution in [0.3, 0.4) is 0 Å². The number of nitrogens with one attached hydrogen (secondary N) is 2. The minimum atomic E-state index is -1.29. The Bertz CT molecular complexity index is 1520. The number of nitrogens with zero attached hydrogens (tertiary/aromatic N) is 5. The Labute approximate surface area is 213 Å². The van der Waals surface area contributed by atoms with Gasteiger partial charge in [0.15, 0.2) is 0 Å². The Hall–Kier alpha value is -4.60. The van der Waals surface area contributed by atoms with Crippen LogP contribution in [0, 0.1) is 0 Å². The Morgan fingerprint density at radius 1 is 1.00 bits per heavy atom. The highest BCUT2D eigenvalue weighted by molar-refractivity contribution is 6.10. The average molecular weight is 498 g/mol. The molecule has 1 saturated heterocycles. The van der Waals surface area contributed by atoms with E-state index in [0.29, 0.717) is 17.1 Å². The van der Waals surface area contributed by atoms with E-state index in [9.17, 15) is 14.4 Å². The van der Waals surface area contributed by atoms with Crippen LogP contribution < -0.4 is 10.6 Å². The van der Waals surface area contributed by atoms with Gasteiger partial charge in [0.1, 0.15) is 17.9 Å². The zero-order chi connectivity index (χ0) is 26.4. The van der Waals surface area contributed by atoms with E-state index in [2.05, 4.69) is 25.7 Å². The van der Waals surface area contributed by atoms with E-state index in [1.54, 1.807) is 31.5 Å². The summed E-state index contributed by atoms with van der Waals surface area (Å²) in [6, 6.07) is 16.2. The first kappa shape index (κ1) is 24.1. The largest absolute Gasteiger partial charge is 0.325 e. The maximum Gasteiger partial charge on any atom is 0.325 e. The molecule has 5 rings (SSSR count). The van der Waals surface area contributed by atoms with Crippen LogP contribution in [0.5, 0.6) is 0 Å². The zero-order valence-corrected chi connectivity index (χ0v) is 21.0. The summed E-state index contributed by atoms with van der Waals surface area (Å²) >= 11 is 0. The quantitative estimate of drug-likeness (QED) is 0.407. The number of aromatic nitrogens is 4. The van der Waals surface area contributed by atoms with Gasteiger partial charge in [-0.25, -0.2) is 14.8 Å². The highest BCUT2D eigenvalue weighted by Gasteiger charge is 2.49. The van der Waals surface area contributed by atoms with Crippen LogP contribution in [-0.2, 0) is 20.5 Å². The molecule has 2 N–H and O–H groups in total. The van der Waals surface area contributed by atoms with Gasteiger partial charge in [-0.15, -0.1) is 0 Å². The summed E-state index contributed by atoms with van der Waals surface area (Å²) in [5.74, 6) is -0.431. The van der Waals surface area contributed by atoms with E-state index in [1.807, 2.05) is 63.2 Å². The highest BCUT2D eigenvalue weighted by Crippen LogP contribution is 2.31. The van der Waals surface area contributed by atoms with Crippen molar-refractivity contribution >= 4 is 34.4 Å². The van der Waals surface area contributed by atoms with Crippen molar-refractivity contribution in [2.75, 3.05) is 11.9 Å². The van der Waals surface area contributed by atoms with E-state index < -0.39 is 29.9 Å². The first-order valence-electron chi connectivity index (χ1n) is 11.9. The maximum absolute atomic E-state index is 13.4. The molecule has 188 valence electrons. The summed E-state index contributed by atoms with van der Waals surface area (Å²) in [7, 11) is 0. The van der Waals surface area contributed by atoms with Gasteiger partial charge >= 0.3 is 6.03 Å². The number of hydrogen-bond donors (Lipinski definition) is 2. The second-order valence-electron chi connectivity index (χ2n) is 10.2. The Morgan fingerprint density at radius 2 is 1.70 bits per heavy atom. The summed E-state index contributed by atoms with van der Waals surface area (Å²) < 4.78 is 1.43. The molecule has 1 atom stereocenters. The lowest BCUT2D eigenvalue weighted by Gasteiger charge is -2.22. The van der Waals surface area contributed by atoms with Gasteiger partial charge in [-0.2, -0.15) is 9.78 Å². The van der Waals surface area contributed by atoms with Crippen LogP contribution in [-0.4, -0.2) is 49.0 Å². The summed E-state index contributed by atoms with van der Waals surface area (Å²) in [6.45, 7) is 7.18. The van der Waals surface area contributed by atoms with Gasteiger partial charge in [-0.3, -0.25) is 14.5 Å². The predicted molar refractivity (Wildman–Crippen MR) is 138 cm³/mol. The molecule has 1 aliphatic heterocycles. The number of hydrogen-bond acceptors (Lipinski definition) is 6. The fourth-order valence-corrected chi connectivity index (χ4v) is 4.25. The van der Waals surface area contributed by atoms with E-state index in [4.69, 9.17) is 0 Å². The second-order valence-corrected chi connectivity index (χ2v) is 10.2. The van der Waals surface area contributed by atoms with E-state index in [1.165, 1.54) is 4.68 Å². The average Bonchev–Trinajstić information content (AvgIpc) is 3.39. The molecular formula is C27H27N7O3. The van der Waals surface area contributed by atoms with Gasteiger partial charge < -0.3 is 10.6 Å². The molecule has 3 heterocycles. The number of urea groups is 1. The summed E-state index contributed by atoms with van der Waals surface area (Å²) in [5, 5.41) is 12.1. The lowest BCUT2D eigenvalue weighted by atomic mass is 9.90. The molecule has 2 aromatic carbocycles. The van der Waals surface area contributed by atoms with Crippen molar-refractivity contribution < 1.29 is 14.4 Å². The smallest absolute Gasteiger partial charge is 0.319 e. The Kier molecular flexibility index (Phi) is 5.74. The molecule has 0 radical (unpaired) electrons. The normalized spacial score (nSPS) is 17.8. The lowest BCUT2D eigenvalue weighted by molar-refractivity contribution is -0.133. The molecule has 0 bridgehead atoms. The van der Waals surface area contributed by atoms with Crippen molar-refractivity contribution in [1.29, 1.82) is 0 Å². The summed E-state index contributed by atoms with van der Waals surface area (Å²) in [6.07, 6.45) is 3.15. The van der Waals surface area contributed by atoms with Gasteiger partial charge in [-0.05, 0) is 35.4 Å². The van der Waals surface area contributed by atoms with Gasteiger partial charge in [0.2, 0.25) is 5.91 Å². The van der Waals surface area contributed by atoms with Crippen molar-refractivity contribution in [2.24, 2.45) is 0 Å². The highest BCUT2D eigenvalue weighted by atomic mass is 16.2. The number of rotatable bonds is 5. The van der Waals surface area contributed by atoms with Crippen LogP contribution in [0.2, 0.25) is 0 Å². The van der Waals surface area contributed by atoms with E-state index >= 15 is 0 Å². The Balaban J connectivity index is 1.38. The number of fused-ring (bicyclic) bond motifs is 1. The number of imide groups is 1. The van der Waals surface area contributed by atoms with Crippen LogP contribution in [0.25, 0.3) is 16.7 Å². The topological polar surface area (TPSA) is 122 Å². The molecule has 0 spiro atoms. The molecule has 1 fully saturated rings. The minimum absolute atomic E-state index is 0.284. The monoisotopic (exact) mass is 497 g/mol. The summed E-state index contributed by atoms with van der Waals surface area (Å²) in [4.78, 5) is 48.7. The molecule has 4 amide bonds. The van der Waals surface area contributed by atoms with Gasteiger partial charge in [0.25, 0.3) is 11.9 Å². The molecule has 2 aromatic heterocycles. The third-order valence-electron chi connectivity index (χ3n) is 6.39. The van der Waals surface area contributed by atoms with E-state index in [-0.39, 0.29) is 11.4 Å². The number of carbonyl (C=O) groups excluding carboxylic acids is 3. The van der Waals surface area contributed by atoms with Crippen LogP contribution in [0.15, 0.2) is 67.0 Å². The molecule has 4 aromatic rings. The molecule has 0 aliphatic carbocycles. The SMILES string of the molecule is CC(C)(C)c1cc(NC(=O)CN2C(=O)NC(C)(c3ccc4ccccc4c3)C2=O)n(-c2ncccn2)n1. The number of benzene rings is 2. The van der Waals surface area contributed by atoms with Crippen molar-refractivity contribution in [2.45, 2.75) is 38.6 Å². The Morgan fingerprint density at radius 3 is 2.41 bits per heavy atom. The van der Waals surface area contributed by atoms with Crippen LogP contribution >= 0.6 is 0 Å². The van der Waals surface area contributed by atoms with E-state index in [0.717, 1.165) is 15.7 Å². The predicted octanol–water partition coefficient (Wildman–Crippen LogP) is 3.52. The third kappa shape index (κ3) is 4.42. The number of amides is 4. The van der Waals surface area contributed by atoms with Gasteiger partial charge in [0.05, 0.1) is 5.69 Å². The second kappa shape index (κ2) is 8.81. The van der Waals surface area contributed by atoms with Crippen molar-refractivity contribution in [1.82, 2.24) is 30.0 Å². The summed E-state index contributed by atoms with van der Waals surface area (Å²) in [5.41, 5.74) is -0.234. The fraction of sp³-hybridized carbons (Fsp3) is 0.259. The fourth-order valence-electron chi connectivity index (χ4n) is 4.25. The molecular weight excluding hydrogens is 470 g/mol. The lowest BCUT2D eigenvalue weighted by Crippen LogP contribution is -2.42. The molecule has 0 saturated carbocycles. The van der Waals surface area contributed by atoms with Crippen LogP contribution in [0.1, 0.15) is 39.0 Å². The molecule has 1 unspecified atom stereocenters. The first-order valence-corrected chi connectivity index (χ1v) is 11.9. The standard InChI is InChI=1S/C27H27N7O3/c1-26(2,3)20-15-21(34(32-20)24-28-12-7-13-29-24)30-22(35)16-33-23(36)27(4,31-25(33)37)19-11-10-17-8-5-6-9-18(17)14-19/h5-15H,16H2,1-4H3,(H,30,35)(H,31,37). The van der Waals surface area contributed by atoms with Gasteiger partial charge in [0, 0.05) is 23.9 Å². The molecule has 37 heavy (non-hydrogen) atoms. The number of anilines is 1. The zero-order valence-electron chi connectivity index (χ0n) is 21.0. The number of carbonyl (C=O) groups is 3. The first-order chi connectivity index (χ1) is 17.6. The maximum atomic E-state index is 13.4. The van der Waals surface area contributed by atoms with Crippen molar-refractivity contribution in [3.63, 3.8) is 0 Å². The van der Waals surface area contributed by atoms with Crippen molar-refractivity contribution in [3.8, 4) is 5.95 Å². The van der Waals surface area contributed by atoms with Crippen molar-refractivity contribution in [3.05, 3.63) is 78.2 Å².